The van der Waals surface area contributed by atoms with Crippen molar-refractivity contribution in [3.05, 3.63) is 53.4 Å². The third kappa shape index (κ3) is 3.35. The third-order valence-corrected chi connectivity index (χ3v) is 3.47. The Bertz CT molecular complexity index is 771. The number of hydrogen-bond donors (Lipinski definition) is 1. The average Bonchev–Trinajstić information content (AvgIpc) is 2.48. The van der Waals surface area contributed by atoms with E-state index in [-0.39, 0.29) is 11.7 Å². The van der Waals surface area contributed by atoms with E-state index in [4.69, 9.17) is 12.2 Å². The molecule has 0 unspecified atom stereocenters. The van der Waals surface area contributed by atoms with Crippen molar-refractivity contribution in [3.63, 3.8) is 0 Å². The van der Waals surface area contributed by atoms with Crippen LogP contribution in [-0.4, -0.2) is 28.4 Å². The van der Waals surface area contributed by atoms with Gasteiger partial charge in [0.15, 0.2) is 5.11 Å². The summed E-state index contributed by atoms with van der Waals surface area (Å²) in [6.07, 6.45) is -2.95. The predicted octanol–water partition coefficient (Wildman–Crippen LogP) is 2.66. The molecule has 1 saturated heterocycles. The molecule has 1 aromatic carbocycles. The van der Waals surface area contributed by atoms with Crippen LogP contribution < -0.4 is 5.32 Å². The van der Waals surface area contributed by atoms with Crippen LogP contribution in [0.4, 0.5) is 17.6 Å². The summed E-state index contributed by atoms with van der Waals surface area (Å²) in [5.41, 5.74) is -2.84. The molecular weight excluding hydrogens is 348 g/mol. The summed E-state index contributed by atoms with van der Waals surface area (Å²) in [7, 11) is 0. The zero-order valence-electron chi connectivity index (χ0n) is 12.0. The van der Waals surface area contributed by atoms with E-state index in [1.807, 2.05) is 0 Å². The first kappa shape index (κ1) is 17.8. The van der Waals surface area contributed by atoms with Crippen molar-refractivity contribution < 1.29 is 27.2 Å². The van der Waals surface area contributed by atoms with E-state index in [1.165, 1.54) is 6.08 Å². The van der Waals surface area contributed by atoms with Crippen LogP contribution in [0.1, 0.15) is 11.1 Å². The summed E-state index contributed by atoms with van der Waals surface area (Å²) >= 11 is 4.82. The van der Waals surface area contributed by atoms with Gasteiger partial charge in [-0.2, -0.15) is 13.2 Å². The van der Waals surface area contributed by atoms with Crippen molar-refractivity contribution in [3.8, 4) is 0 Å². The van der Waals surface area contributed by atoms with Crippen LogP contribution in [0.3, 0.4) is 0 Å². The van der Waals surface area contributed by atoms with Gasteiger partial charge in [-0.3, -0.25) is 19.8 Å². The summed E-state index contributed by atoms with van der Waals surface area (Å²) in [4.78, 5) is 25.1. The smallest absolute Gasteiger partial charge is 0.298 e. The molecule has 0 atom stereocenters. The summed E-state index contributed by atoms with van der Waals surface area (Å²) < 4.78 is 52.9. The lowest BCUT2D eigenvalue weighted by Crippen LogP contribution is -2.53. The Balaban J connectivity index is 2.58. The first-order valence-corrected chi connectivity index (χ1v) is 6.93. The van der Waals surface area contributed by atoms with Gasteiger partial charge >= 0.3 is 6.18 Å². The van der Waals surface area contributed by atoms with Gasteiger partial charge in [0, 0.05) is 12.1 Å². The fourth-order valence-electron chi connectivity index (χ4n) is 2.06. The Morgan fingerprint density at radius 3 is 2.54 bits per heavy atom. The number of amides is 2. The number of thiocarbonyl (C=S) groups is 1. The van der Waals surface area contributed by atoms with Gasteiger partial charge in [0.1, 0.15) is 11.4 Å². The fourth-order valence-corrected chi connectivity index (χ4v) is 2.31. The molecule has 1 aromatic rings. The number of halogens is 4. The normalized spacial score (nSPS) is 17.2. The molecule has 9 heteroatoms. The molecule has 0 aliphatic carbocycles. The standard InChI is InChI=1S/C15H10F4N2O2S/c1-2-6-21-13(23)9(12(22)20-14(21)24)7-8-10(15(17,18)19)4-3-5-11(8)16/h2-5,7H,1,6H2,(H,20,22,24). The van der Waals surface area contributed by atoms with Gasteiger partial charge in [0.05, 0.1) is 5.56 Å². The Morgan fingerprint density at radius 2 is 1.96 bits per heavy atom. The second-order valence-electron chi connectivity index (χ2n) is 4.72. The highest BCUT2D eigenvalue weighted by Crippen LogP contribution is 2.34. The maximum Gasteiger partial charge on any atom is 0.417 e. The number of carbonyl (C=O) groups is 2. The fraction of sp³-hybridized carbons (Fsp3) is 0.133. The summed E-state index contributed by atoms with van der Waals surface area (Å²) in [5.74, 6) is -3.14. The second kappa shape index (κ2) is 6.52. The minimum absolute atomic E-state index is 0.0569. The number of carbonyl (C=O) groups excluding carboxylic acids is 2. The maximum absolute atomic E-state index is 13.9. The van der Waals surface area contributed by atoms with Crippen molar-refractivity contribution in [1.82, 2.24) is 10.2 Å². The number of nitrogens with one attached hydrogen (secondary N) is 1. The van der Waals surface area contributed by atoms with Gasteiger partial charge in [-0.05, 0) is 30.4 Å². The molecule has 2 amide bonds. The molecule has 0 radical (unpaired) electrons. The molecule has 4 nitrogen and oxygen atoms in total. The molecule has 0 aromatic heterocycles. The van der Waals surface area contributed by atoms with Crippen LogP contribution in [0.5, 0.6) is 0 Å². The summed E-state index contributed by atoms with van der Waals surface area (Å²) in [6, 6.07) is 2.36. The number of hydrogen-bond acceptors (Lipinski definition) is 3. The van der Waals surface area contributed by atoms with Gasteiger partial charge in [-0.1, -0.05) is 12.1 Å². The zero-order valence-corrected chi connectivity index (χ0v) is 12.8. The molecule has 1 N–H and O–H groups in total. The molecule has 2 rings (SSSR count). The Hall–Kier alpha value is -2.55. The van der Waals surface area contributed by atoms with Gasteiger partial charge in [0.2, 0.25) is 0 Å². The van der Waals surface area contributed by atoms with Crippen molar-refractivity contribution in [2.75, 3.05) is 6.54 Å². The average molecular weight is 358 g/mol. The molecule has 0 spiro atoms. The van der Waals surface area contributed by atoms with Crippen molar-refractivity contribution in [2.24, 2.45) is 0 Å². The summed E-state index contributed by atoms with van der Waals surface area (Å²) in [6.45, 7) is 3.36. The van der Waals surface area contributed by atoms with E-state index in [9.17, 15) is 27.2 Å². The van der Waals surface area contributed by atoms with Crippen LogP contribution >= 0.6 is 12.2 Å². The second-order valence-corrected chi connectivity index (χ2v) is 5.11. The summed E-state index contributed by atoms with van der Waals surface area (Å²) in [5, 5.41) is 1.97. The minimum atomic E-state index is -4.85. The quantitative estimate of drug-likeness (QED) is 0.297. The van der Waals surface area contributed by atoms with Gasteiger partial charge in [0.25, 0.3) is 11.8 Å². The SMILES string of the molecule is C=CCN1C(=O)C(=Cc2c(F)cccc2C(F)(F)F)C(=O)NC1=S. The van der Waals surface area contributed by atoms with Crippen molar-refractivity contribution in [2.45, 2.75) is 6.18 Å². The lowest BCUT2D eigenvalue weighted by atomic mass is 10.0. The highest BCUT2D eigenvalue weighted by Gasteiger charge is 2.37. The molecule has 0 saturated carbocycles. The van der Waals surface area contributed by atoms with Crippen LogP contribution in [0.15, 0.2) is 36.4 Å². The minimum Gasteiger partial charge on any atom is -0.298 e. The first-order valence-electron chi connectivity index (χ1n) is 6.52. The Morgan fingerprint density at radius 1 is 1.29 bits per heavy atom. The highest BCUT2D eigenvalue weighted by molar-refractivity contribution is 7.80. The third-order valence-electron chi connectivity index (χ3n) is 3.14. The molecule has 1 heterocycles. The van der Waals surface area contributed by atoms with E-state index < -0.39 is 40.5 Å². The van der Waals surface area contributed by atoms with Crippen LogP contribution in [0, 0.1) is 5.82 Å². The van der Waals surface area contributed by atoms with Crippen LogP contribution in [0.25, 0.3) is 6.08 Å². The molecule has 24 heavy (non-hydrogen) atoms. The lowest BCUT2D eigenvalue weighted by Gasteiger charge is -2.28. The molecule has 1 fully saturated rings. The van der Waals surface area contributed by atoms with Gasteiger partial charge in [-0.15, -0.1) is 6.58 Å². The number of benzene rings is 1. The maximum atomic E-state index is 13.9. The topological polar surface area (TPSA) is 49.4 Å². The van der Waals surface area contributed by atoms with Gasteiger partial charge < -0.3 is 0 Å². The predicted molar refractivity (Wildman–Crippen MR) is 82.0 cm³/mol. The Labute approximate surface area is 139 Å². The number of alkyl halides is 3. The molecule has 1 aliphatic rings. The zero-order chi connectivity index (χ0) is 18.1. The van der Waals surface area contributed by atoms with E-state index in [1.54, 1.807) is 0 Å². The van der Waals surface area contributed by atoms with Crippen LogP contribution in [-0.2, 0) is 15.8 Å². The molecule has 1 aliphatic heterocycles. The van der Waals surface area contributed by atoms with Crippen molar-refractivity contribution >= 4 is 35.2 Å². The van der Waals surface area contributed by atoms with E-state index in [2.05, 4.69) is 11.9 Å². The van der Waals surface area contributed by atoms with Gasteiger partial charge in [-0.25, -0.2) is 4.39 Å². The highest BCUT2D eigenvalue weighted by atomic mass is 32.1. The largest absolute Gasteiger partial charge is 0.417 e. The van der Waals surface area contributed by atoms with E-state index >= 15 is 0 Å². The number of nitrogens with zero attached hydrogens (tertiary/aromatic N) is 1. The monoisotopic (exact) mass is 358 g/mol. The molecule has 126 valence electrons. The molecule has 0 bridgehead atoms. The van der Waals surface area contributed by atoms with E-state index in [0.29, 0.717) is 12.1 Å². The molecular formula is C15H10F4N2O2S. The van der Waals surface area contributed by atoms with Crippen molar-refractivity contribution in [1.29, 1.82) is 0 Å². The number of rotatable bonds is 3. The van der Waals surface area contributed by atoms with Crippen LogP contribution in [0.2, 0.25) is 0 Å². The Kier molecular flexibility index (Phi) is 4.83. The first-order chi connectivity index (χ1) is 11.2. The lowest BCUT2D eigenvalue weighted by molar-refractivity contribution is -0.138. The van der Waals surface area contributed by atoms with E-state index in [0.717, 1.165) is 17.0 Å².